The van der Waals surface area contributed by atoms with E-state index < -0.39 is 0 Å². The van der Waals surface area contributed by atoms with Gasteiger partial charge in [-0.05, 0) is 25.3 Å². The molecule has 1 rings (SSSR count). The van der Waals surface area contributed by atoms with Crippen LogP contribution in [0.15, 0.2) is 43.3 Å². The lowest BCUT2D eigenvalue weighted by molar-refractivity contribution is 1.11. The molecule has 0 aliphatic rings. The van der Waals surface area contributed by atoms with Crippen molar-refractivity contribution in [3.05, 3.63) is 54.7 Å². The Kier molecular flexibility index (Phi) is 4.75. The van der Waals surface area contributed by atoms with E-state index in [1.54, 1.807) is 25.4 Å². The van der Waals surface area contributed by atoms with Crippen molar-refractivity contribution in [2.45, 2.75) is 13.8 Å². The van der Waals surface area contributed by atoms with Gasteiger partial charge in [0.15, 0.2) is 0 Å². The second-order valence-corrected chi connectivity index (χ2v) is 3.03. The highest BCUT2D eigenvalue weighted by Crippen LogP contribution is 2.13. The minimum Gasteiger partial charge on any atom is -0.229 e. The van der Waals surface area contributed by atoms with Gasteiger partial charge in [0, 0.05) is 18.0 Å². The average molecular weight is 210 g/mol. The molecule has 0 aliphatic carbocycles. The molecule has 2 heteroatoms. The number of allylic oxidation sites excluding steroid dienone is 5. The summed E-state index contributed by atoms with van der Waals surface area (Å²) < 4.78 is 0. The van der Waals surface area contributed by atoms with E-state index in [0.29, 0.717) is 5.82 Å². The molecule has 0 aromatic carbocycles. The van der Waals surface area contributed by atoms with Gasteiger partial charge in [0.05, 0.1) is 0 Å². The average Bonchev–Trinajstić information content (AvgIpc) is 2.30. The van der Waals surface area contributed by atoms with Gasteiger partial charge in [-0.15, -0.1) is 0 Å². The zero-order chi connectivity index (χ0) is 11.8. The number of rotatable bonds is 3. The van der Waals surface area contributed by atoms with Crippen molar-refractivity contribution in [3.63, 3.8) is 0 Å². The van der Waals surface area contributed by atoms with Gasteiger partial charge in [-0.3, -0.25) is 0 Å². The summed E-state index contributed by atoms with van der Waals surface area (Å²) in [5, 5.41) is 0. The first-order valence-electron chi connectivity index (χ1n) is 5.02. The van der Waals surface area contributed by atoms with E-state index in [1.807, 2.05) is 25.2 Å². The molecule has 0 aliphatic heterocycles. The van der Waals surface area contributed by atoms with Crippen LogP contribution in [0.5, 0.6) is 0 Å². The molecule has 0 saturated heterocycles. The van der Waals surface area contributed by atoms with E-state index in [4.69, 9.17) is 0 Å². The molecule has 0 unspecified atom stereocenters. The van der Waals surface area contributed by atoms with Gasteiger partial charge >= 0.3 is 0 Å². The SMILES string of the molecule is C=C/C=C(\C=C/C)c1cnc(C#CC)nc1. The van der Waals surface area contributed by atoms with Gasteiger partial charge in [-0.25, -0.2) is 9.97 Å². The first kappa shape index (κ1) is 11.9. The molecule has 0 radical (unpaired) electrons. The first-order valence-corrected chi connectivity index (χ1v) is 5.02. The van der Waals surface area contributed by atoms with Gasteiger partial charge in [0.1, 0.15) is 0 Å². The number of aromatic nitrogens is 2. The molecule has 0 atom stereocenters. The van der Waals surface area contributed by atoms with E-state index in [1.165, 1.54) is 0 Å². The Balaban J connectivity index is 3.06. The lowest BCUT2D eigenvalue weighted by Gasteiger charge is -2.00. The molecule has 0 N–H and O–H groups in total. The second-order valence-electron chi connectivity index (χ2n) is 3.03. The van der Waals surface area contributed by atoms with E-state index in [0.717, 1.165) is 11.1 Å². The first-order chi connectivity index (χ1) is 7.81. The zero-order valence-electron chi connectivity index (χ0n) is 9.57. The molecule has 0 fully saturated rings. The van der Waals surface area contributed by atoms with Gasteiger partial charge < -0.3 is 0 Å². The lowest BCUT2D eigenvalue weighted by atomic mass is 10.1. The molecule has 0 saturated carbocycles. The van der Waals surface area contributed by atoms with Gasteiger partial charge in [-0.1, -0.05) is 36.8 Å². The van der Waals surface area contributed by atoms with Crippen LogP contribution >= 0.6 is 0 Å². The minimum absolute atomic E-state index is 0.546. The molecular formula is C14H14N2. The predicted octanol–water partition coefficient (Wildman–Crippen LogP) is 2.99. The van der Waals surface area contributed by atoms with Gasteiger partial charge in [0.25, 0.3) is 0 Å². The van der Waals surface area contributed by atoms with Crippen LogP contribution < -0.4 is 0 Å². The standard InChI is InChI=1S/C14H14N2/c1-4-7-12(8-5-2)13-10-15-14(9-6-3)16-11-13/h4-5,7-8,10-11H,1H2,2-3H3/b8-5-,12-7+. The van der Waals surface area contributed by atoms with Crippen LogP contribution in [0, 0.1) is 11.8 Å². The molecular weight excluding hydrogens is 196 g/mol. The van der Waals surface area contributed by atoms with Crippen LogP contribution in [-0.4, -0.2) is 9.97 Å². The van der Waals surface area contributed by atoms with Crippen molar-refractivity contribution in [2.24, 2.45) is 0 Å². The fraction of sp³-hybridized carbons (Fsp3) is 0.143. The topological polar surface area (TPSA) is 25.8 Å². The quantitative estimate of drug-likeness (QED) is 0.566. The minimum atomic E-state index is 0.546. The Bertz CT molecular complexity index is 468. The molecule has 80 valence electrons. The largest absolute Gasteiger partial charge is 0.229 e. The van der Waals surface area contributed by atoms with Crippen molar-refractivity contribution < 1.29 is 0 Å². The van der Waals surface area contributed by atoms with Gasteiger partial charge in [0.2, 0.25) is 5.82 Å². The van der Waals surface area contributed by atoms with Crippen molar-refractivity contribution in [1.82, 2.24) is 9.97 Å². The normalized spacial score (nSPS) is 11.0. The summed E-state index contributed by atoms with van der Waals surface area (Å²) in [5.41, 5.74) is 1.99. The van der Waals surface area contributed by atoms with Crippen molar-refractivity contribution in [1.29, 1.82) is 0 Å². The highest BCUT2D eigenvalue weighted by atomic mass is 14.8. The molecule has 1 heterocycles. The summed E-state index contributed by atoms with van der Waals surface area (Å²) in [5.74, 6) is 6.12. The van der Waals surface area contributed by atoms with Gasteiger partial charge in [-0.2, -0.15) is 0 Å². The Morgan fingerprint density at radius 2 is 2.06 bits per heavy atom. The van der Waals surface area contributed by atoms with Crippen LogP contribution in [0.1, 0.15) is 25.2 Å². The maximum absolute atomic E-state index is 4.16. The summed E-state index contributed by atoms with van der Waals surface area (Å²) in [7, 11) is 0. The maximum atomic E-state index is 4.16. The summed E-state index contributed by atoms with van der Waals surface area (Å²) in [6, 6.07) is 0. The molecule has 0 spiro atoms. The lowest BCUT2D eigenvalue weighted by Crippen LogP contribution is -1.91. The molecule has 1 aromatic rings. The Labute approximate surface area is 96.5 Å². The molecule has 2 nitrogen and oxygen atoms in total. The Hall–Kier alpha value is -2.14. The van der Waals surface area contributed by atoms with Crippen molar-refractivity contribution in [3.8, 4) is 11.8 Å². The molecule has 0 amide bonds. The van der Waals surface area contributed by atoms with E-state index in [9.17, 15) is 0 Å². The zero-order valence-corrected chi connectivity index (χ0v) is 9.57. The Morgan fingerprint density at radius 1 is 1.38 bits per heavy atom. The molecule has 0 bridgehead atoms. The molecule has 1 aromatic heterocycles. The van der Waals surface area contributed by atoms with Crippen molar-refractivity contribution in [2.75, 3.05) is 0 Å². The molecule has 16 heavy (non-hydrogen) atoms. The van der Waals surface area contributed by atoms with E-state index >= 15 is 0 Å². The summed E-state index contributed by atoms with van der Waals surface area (Å²) in [6.45, 7) is 7.41. The Morgan fingerprint density at radius 3 is 2.56 bits per heavy atom. The van der Waals surface area contributed by atoms with Crippen molar-refractivity contribution >= 4 is 5.57 Å². The monoisotopic (exact) mass is 210 g/mol. The second kappa shape index (κ2) is 6.36. The summed E-state index contributed by atoms with van der Waals surface area (Å²) >= 11 is 0. The number of hydrogen-bond donors (Lipinski definition) is 0. The third-order valence-electron chi connectivity index (χ3n) is 1.87. The van der Waals surface area contributed by atoms with Crippen LogP contribution in [0.25, 0.3) is 5.57 Å². The third kappa shape index (κ3) is 3.21. The van der Waals surface area contributed by atoms with E-state index in [-0.39, 0.29) is 0 Å². The fourth-order valence-corrected chi connectivity index (χ4v) is 1.21. The smallest absolute Gasteiger partial charge is 0.204 e. The van der Waals surface area contributed by atoms with Crippen LogP contribution in [0.2, 0.25) is 0 Å². The number of nitrogens with zero attached hydrogens (tertiary/aromatic N) is 2. The van der Waals surface area contributed by atoms with E-state index in [2.05, 4.69) is 28.4 Å². The van der Waals surface area contributed by atoms with Crippen LogP contribution in [0.4, 0.5) is 0 Å². The number of hydrogen-bond acceptors (Lipinski definition) is 2. The summed E-state index contributed by atoms with van der Waals surface area (Å²) in [4.78, 5) is 8.32. The maximum Gasteiger partial charge on any atom is 0.204 e. The highest BCUT2D eigenvalue weighted by molar-refractivity contribution is 5.74. The van der Waals surface area contributed by atoms with Crippen LogP contribution in [0.3, 0.4) is 0 Å². The highest BCUT2D eigenvalue weighted by Gasteiger charge is 1.98. The third-order valence-corrected chi connectivity index (χ3v) is 1.87. The predicted molar refractivity (Wildman–Crippen MR) is 67.6 cm³/mol. The van der Waals surface area contributed by atoms with Crippen LogP contribution in [-0.2, 0) is 0 Å². The summed E-state index contributed by atoms with van der Waals surface area (Å²) in [6.07, 6.45) is 11.2. The fourth-order valence-electron chi connectivity index (χ4n) is 1.21.